The average Bonchev–Trinajstić information content (AvgIpc) is 2.60. The van der Waals surface area contributed by atoms with E-state index in [0.717, 1.165) is 12.0 Å². The van der Waals surface area contributed by atoms with Crippen molar-refractivity contribution in [1.82, 2.24) is 0 Å². The summed E-state index contributed by atoms with van der Waals surface area (Å²) in [6, 6.07) is 1.49. The SMILES string of the molecule is [B]CC1CC(=O)c2c(c3c(c4c(CCC)cc(=O)oc24)OC(C)(C)C=C3)O1. The Labute approximate surface area is 158 Å². The smallest absolute Gasteiger partial charge is 0.336 e. The van der Waals surface area contributed by atoms with E-state index in [0.29, 0.717) is 34.4 Å². The van der Waals surface area contributed by atoms with Crippen LogP contribution in [0.4, 0.5) is 0 Å². The van der Waals surface area contributed by atoms with Gasteiger partial charge < -0.3 is 13.9 Å². The molecule has 0 saturated carbocycles. The highest BCUT2D eigenvalue weighted by atomic mass is 16.5. The van der Waals surface area contributed by atoms with Crippen LogP contribution >= 0.6 is 0 Å². The van der Waals surface area contributed by atoms with Crippen molar-refractivity contribution in [2.75, 3.05) is 0 Å². The number of fused-ring (bicyclic) bond motifs is 6. The van der Waals surface area contributed by atoms with Crippen LogP contribution in [-0.2, 0) is 6.42 Å². The van der Waals surface area contributed by atoms with Crippen molar-refractivity contribution >= 4 is 30.7 Å². The summed E-state index contributed by atoms with van der Waals surface area (Å²) in [6.07, 6.45) is 5.37. The lowest BCUT2D eigenvalue weighted by Crippen LogP contribution is -2.31. The van der Waals surface area contributed by atoms with Gasteiger partial charge in [0, 0.05) is 12.5 Å². The Morgan fingerprint density at radius 3 is 2.74 bits per heavy atom. The number of rotatable bonds is 3. The summed E-state index contributed by atoms with van der Waals surface area (Å²) in [5.41, 5.74) is 1.09. The standard InChI is InChI=1S/C21H21BO5/c1-4-5-11-8-15(24)26-20-16(11)19-13(6-7-21(2,3)27-19)18-17(20)14(23)9-12(10-22)25-18/h6-8,12H,4-5,9-10H2,1-3H3. The van der Waals surface area contributed by atoms with Crippen molar-refractivity contribution in [2.45, 2.75) is 58.1 Å². The van der Waals surface area contributed by atoms with E-state index in [1.165, 1.54) is 6.07 Å². The number of carbonyl (C=O) groups excluding carboxylic acids is 1. The van der Waals surface area contributed by atoms with Crippen molar-refractivity contribution in [3.05, 3.63) is 39.3 Å². The van der Waals surface area contributed by atoms with Gasteiger partial charge in [0.1, 0.15) is 22.7 Å². The molecule has 0 amide bonds. The minimum atomic E-state index is -0.528. The van der Waals surface area contributed by atoms with Crippen LogP contribution in [0.5, 0.6) is 11.5 Å². The molecule has 1 aromatic carbocycles. The van der Waals surface area contributed by atoms with Gasteiger partial charge in [-0.3, -0.25) is 4.79 Å². The summed E-state index contributed by atoms with van der Waals surface area (Å²) in [5, 5.41) is 0.686. The highest BCUT2D eigenvalue weighted by molar-refractivity contribution is 6.14. The molecular formula is C21H21BO5. The van der Waals surface area contributed by atoms with Gasteiger partial charge in [0.25, 0.3) is 0 Å². The van der Waals surface area contributed by atoms with Crippen LogP contribution < -0.4 is 15.1 Å². The van der Waals surface area contributed by atoms with E-state index in [9.17, 15) is 9.59 Å². The summed E-state index contributed by atoms with van der Waals surface area (Å²) < 4.78 is 17.8. The molecule has 0 saturated heterocycles. The van der Waals surface area contributed by atoms with Gasteiger partial charge in [0.15, 0.2) is 11.4 Å². The van der Waals surface area contributed by atoms with Crippen molar-refractivity contribution in [2.24, 2.45) is 0 Å². The molecule has 0 spiro atoms. The summed E-state index contributed by atoms with van der Waals surface area (Å²) in [5.74, 6) is 0.858. The number of Topliss-reactive ketones (excluding diaryl/α,β-unsaturated/α-hetero) is 1. The van der Waals surface area contributed by atoms with Crippen LogP contribution in [0.1, 0.15) is 55.1 Å². The van der Waals surface area contributed by atoms with E-state index in [2.05, 4.69) is 0 Å². The number of ketones is 1. The van der Waals surface area contributed by atoms with Gasteiger partial charge in [-0.2, -0.15) is 0 Å². The van der Waals surface area contributed by atoms with Crippen LogP contribution in [-0.4, -0.2) is 25.3 Å². The van der Waals surface area contributed by atoms with Gasteiger partial charge in [-0.1, -0.05) is 19.7 Å². The fourth-order valence-electron chi connectivity index (χ4n) is 3.77. The Balaban J connectivity index is 2.15. The van der Waals surface area contributed by atoms with Crippen molar-refractivity contribution in [3.63, 3.8) is 0 Å². The number of benzene rings is 1. The van der Waals surface area contributed by atoms with Gasteiger partial charge in [0.2, 0.25) is 0 Å². The quantitative estimate of drug-likeness (QED) is 0.611. The largest absolute Gasteiger partial charge is 0.489 e. The predicted molar refractivity (Wildman–Crippen MR) is 104 cm³/mol. The van der Waals surface area contributed by atoms with E-state index in [1.54, 1.807) is 0 Å². The lowest BCUT2D eigenvalue weighted by atomic mass is 9.87. The lowest BCUT2D eigenvalue weighted by Gasteiger charge is -2.33. The predicted octanol–water partition coefficient (Wildman–Crippen LogP) is 3.85. The first-order valence-electron chi connectivity index (χ1n) is 9.29. The maximum absolute atomic E-state index is 12.9. The molecule has 3 heterocycles. The molecule has 0 N–H and O–H groups in total. The Morgan fingerprint density at radius 2 is 2.04 bits per heavy atom. The van der Waals surface area contributed by atoms with Gasteiger partial charge >= 0.3 is 5.63 Å². The molecule has 1 atom stereocenters. The molecular weight excluding hydrogens is 343 g/mol. The molecule has 1 aromatic heterocycles. The van der Waals surface area contributed by atoms with Crippen LogP contribution in [0.2, 0.25) is 6.32 Å². The van der Waals surface area contributed by atoms with Crippen LogP contribution in [0.25, 0.3) is 17.0 Å². The monoisotopic (exact) mass is 364 g/mol. The first-order chi connectivity index (χ1) is 12.8. The second kappa shape index (κ2) is 6.29. The molecule has 5 nitrogen and oxygen atoms in total. The van der Waals surface area contributed by atoms with E-state index in [-0.39, 0.29) is 24.1 Å². The third-order valence-electron chi connectivity index (χ3n) is 4.99. The Morgan fingerprint density at radius 1 is 1.26 bits per heavy atom. The zero-order chi connectivity index (χ0) is 19.3. The molecule has 0 fully saturated rings. The van der Waals surface area contributed by atoms with E-state index in [1.807, 2.05) is 32.9 Å². The van der Waals surface area contributed by atoms with Crippen molar-refractivity contribution in [1.29, 1.82) is 0 Å². The molecule has 6 heteroatoms. The molecule has 138 valence electrons. The maximum atomic E-state index is 12.9. The zero-order valence-corrected chi connectivity index (χ0v) is 15.8. The summed E-state index contributed by atoms with van der Waals surface area (Å²) in [6.45, 7) is 5.94. The normalized spacial score (nSPS) is 20.0. The summed E-state index contributed by atoms with van der Waals surface area (Å²) in [4.78, 5) is 25.1. The number of aryl methyl sites for hydroxylation is 1. The molecule has 2 aromatic rings. The first-order valence-corrected chi connectivity index (χ1v) is 9.29. The molecule has 0 bridgehead atoms. The number of hydrogen-bond acceptors (Lipinski definition) is 5. The van der Waals surface area contributed by atoms with Gasteiger partial charge in [-0.25, -0.2) is 4.79 Å². The third kappa shape index (κ3) is 2.87. The molecule has 4 rings (SSSR count). The van der Waals surface area contributed by atoms with Crippen molar-refractivity contribution in [3.8, 4) is 11.5 Å². The van der Waals surface area contributed by atoms with E-state index < -0.39 is 17.3 Å². The van der Waals surface area contributed by atoms with Gasteiger partial charge in [-0.15, -0.1) is 0 Å². The number of hydrogen-bond donors (Lipinski definition) is 0. The average molecular weight is 364 g/mol. The minimum absolute atomic E-state index is 0.130. The second-order valence-corrected chi connectivity index (χ2v) is 7.63. The molecule has 1 unspecified atom stereocenters. The highest BCUT2D eigenvalue weighted by Crippen LogP contribution is 2.48. The van der Waals surface area contributed by atoms with E-state index >= 15 is 0 Å². The highest BCUT2D eigenvalue weighted by Gasteiger charge is 2.36. The van der Waals surface area contributed by atoms with Gasteiger partial charge in [-0.05, 0) is 38.0 Å². The third-order valence-corrected chi connectivity index (χ3v) is 4.99. The molecule has 2 aliphatic rings. The topological polar surface area (TPSA) is 65.7 Å². The zero-order valence-electron chi connectivity index (χ0n) is 15.8. The molecule has 2 radical (unpaired) electrons. The Kier molecular flexibility index (Phi) is 4.17. The van der Waals surface area contributed by atoms with Crippen LogP contribution in [0, 0.1) is 0 Å². The maximum Gasteiger partial charge on any atom is 0.336 e. The fraction of sp³-hybridized carbons (Fsp3) is 0.429. The Bertz CT molecular complexity index is 1030. The second-order valence-electron chi connectivity index (χ2n) is 7.63. The van der Waals surface area contributed by atoms with E-state index in [4.69, 9.17) is 21.7 Å². The van der Waals surface area contributed by atoms with Gasteiger partial charge in [0.05, 0.1) is 24.9 Å². The lowest BCUT2D eigenvalue weighted by molar-refractivity contribution is 0.0869. The van der Waals surface area contributed by atoms with Crippen LogP contribution in [0.15, 0.2) is 21.4 Å². The number of carbonyl (C=O) groups is 1. The Hall–Kier alpha value is -2.50. The summed E-state index contributed by atoms with van der Waals surface area (Å²) in [7, 11) is 5.74. The first kappa shape index (κ1) is 17.9. The number of ether oxygens (including phenoxy) is 2. The molecule has 2 aliphatic heterocycles. The van der Waals surface area contributed by atoms with Crippen molar-refractivity contribution < 1.29 is 18.7 Å². The minimum Gasteiger partial charge on any atom is -0.489 e. The summed E-state index contributed by atoms with van der Waals surface area (Å²) >= 11 is 0. The fourth-order valence-corrected chi connectivity index (χ4v) is 3.77. The molecule has 27 heavy (non-hydrogen) atoms. The van der Waals surface area contributed by atoms with Crippen LogP contribution in [0.3, 0.4) is 0 Å². The molecule has 0 aliphatic carbocycles.